The minimum absolute atomic E-state index is 0.217. The van der Waals surface area contributed by atoms with E-state index in [4.69, 9.17) is 26.7 Å². The Hall–Kier alpha value is -0.780. The van der Waals surface area contributed by atoms with Crippen molar-refractivity contribution in [1.82, 2.24) is 4.98 Å². The van der Waals surface area contributed by atoms with Crippen molar-refractivity contribution in [1.29, 1.82) is 0 Å². The summed E-state index contributed by atoms with van der Waals surface area (Å²) in [6.45, 7) is 0. The Kier molecular flexibility index (Phi) is 2.62. The molecule has 0 aliphatic heterocycles. The van der Waals surface area contributed by atoms with Gasteiger partial charge in [0.1, 0.15) is 5.52 Å². The molecular weight excluding hydrogens is 261 g/mol. The lowest BCUT2D eigenvalue weighted by Crippen LogP contribution is -1.88. The molecule has 1 heterocycles. The van der Waals surface area contributed by atoms with E-state index in [9.17, 15) is 8.42 Å². The third kappa shape index (κ3) is 1.95. The molecule has 0 amide bonds. The van der Waals surface area contributed by atoms with Crippen molar-refractivity contribution < 1.29 is 12.8 Å². The number of fused-ring (bicyclic) bond motifs is 1. The van der Waals surface area contributed by atoms with Gasteiger partial charge >= 0.3 is 14.3 Å². The van der Waals surface area contributed by atoms with Gasteiger partial charge in [-0.1, -0.05) is 12.1 Å². The first-order chi connectivity index (χ1) is 7.02. The molecule has 2 rings (SSSR count). The summed E-state index contributed by atoms with van der Waals surface area (Å²) in [5.41, 5.74) is 1.45. The molecule has 4 nitrogen and oxygen atoms in total. The summed E-state index contributed by atoms with van der Waals surface area (Å²) in [6, 6.07) is 5.07. The van der Waals surface area contributed by atoms with Crippen LogP contribution in [0, 0.1) is 0 Å². The fraction of sp³-hybridized carbons (Fsp3) is 0.125. The van der Waals surface area contributed by atoms with Crippen LogP contribution in [0.5, 0.6) is 0 Å². The Morgan fingerprint density at radius 3 is 2.73 bits per heavy atom. The van der Waals surface area contributed by atoms with Crippen molar-refractivity contribution in [2.45, 2.75) is 11.1 Å². The Balaban J connectivity index is 2.76. The zero-order valence-electron chi connectivity index (χ0n) is 7.28. The number of alkyl halides is 1. The van der Waals surface area contributed by atoms with Gasteiger partial charge in [0.15, 0.2) is 5.58 Å². The largest absolute Gasteiger partial charge is 0.427 e. The number of benzene rings is 1. The van der Waals surface area contributed by atoms with E-state index >= 15 is 0 Å². The topological polar surface area (TPSA) is 60.2 Å². The number of aromatic nitrogens is 1. The van der Waals surface area contributed by atoms with Gasteiger partial charge in [-0.15, -0.1) is 11.6 Å². The maximum Gasteiger partial charge on any atom is 0.332 e. The predicted molar refractivity (Wildman–Crippen MR) is 56.6 cm³/mol. The fourth-order valence-corrected chi connectivity index (χ4v) is 1.99. The number of hydrogen-bond acceptors (Lipinski definition) is 4. The molecule has 0 saturated heterocycles. The van der Waals surface area contributed by atoms with Crippen LogP contribution in [0.3, 0.4) is 0 Å². The van der Waals surface area contributed by atoms with E-state index in [1.54, 1.807) is 18.2 Å². The zero-order valence-corrected chi connectivity index (χ0v) is 9.60. The molecule has 2 aromatic rings. The van der Waals surface area contributed by atoms with E-state index in [0.717, 1.165) is 0 Å². The Morgan fingerprint density at radius 1 is 1.40 bits per heavy atom. The molecule has 0 aliphatic carbocycles. The van der Waals surface area contributed by atoms with Crippen molar-refractivity contribution in [2.24, 2.45) is 0 Å². The number of rotatable bonds is 2. The summed E-state index contributed by atoms with van der Waals surface area (Å²) < 4.78 is 27.0. The Bertz CT molecular complexity index is 605. The van der Waals surface area contributed by atoms with Crippen LogP contribution in [0.25, 0.3) is 11.1 Å². The van der Waals surface area contributed by atoms with Crippen LogP contribution >= 0.6 is 22.3 Å². The van der Waals surface area contributed by atoms with Gasteiger partial charge in [0, 0.05) is 16.2 Å². The van der Waals surface area contributed by atoms with Gasteiger partial charge in [-0.05, 0) is 6.07 Å². The van der Waals surface area contributed by atoms with Crippen LogP contribution < -0.4 is 0 Å². The van der Waals surface area contributed by atoms with Gasteiger partial charge in [-0.3, -0.25) is 0 Å². The predicted octanol–water partition coefficient (Wildman–Crippen LogP) is 2.49. The normalized spacial score (nSPS) is 12.1. The summed E-state index contributed by atoms with van der Waals surface area (Å²) >= 11 is 5.66. The maximum absolute atomic E-state index is 11.0. The number of para-hydroxylation sites is 1. The number of nitrogens with zero attached hydrogens (tertiary/aromatic N) is 1. The van der Waals surface area contributed by atoms with Crippen LogP contribution in [0.2, 0.25) is 0 Å². The highest BCUT2D eigenvalue weighted by Gasteiger charge is 2.19. The minimum Gasteiger partial charge on any atom is -0.427 e. The lowest BCUT2D eigenvalue weighted by atomic mass is 10.2. The molecule has 0 radical (unpaired) electrons. The average molecular weight is 266 g/mol. The smallest absolute Gasteiger partial charge is 0.332 e. The highest BCUT2D eigenvalue weighted by Crippen LogP contribution is 2.25. The molecule has 0 fully saturated rings. The molecule has 7 heteroatoms. The molecule has 0 spiro atoms. The summed E-state index contributed by atoms with van der Waals surface area (Å²) in [6.07, 6.45) is 0. The van der Waals surface area contributed by atoms with Crippen molar-refractivity contribution in [3.8, 4) is 0 Å². The fourth-order valence-electron chi connectivity index (χ4n) is 1.20. The molecule has 0 bridgehead atoms. The van der Waals surface area contributed by atoms with Crippen LogP contribution in [0.1, 0.15) is 5.56 Å². The van der Waals surface area contributed by atoms with Crippen molar-refractivity contribution in [3.05, 3.63) is 23.8 Å². The number of oxazole rings is 1. The van der Waals surface area contributed by atoms with Gasteiger partial charge < -0.3 is 4.42 Å². The van der Waals surface area contributed by atoms with Crippen LogP contribution in [-0.4, -0.2) is 13.4 Å². The molecule has 80 valence electrons. The Morgan fingerprint density at radius 2 is 2.13 bits per heavy atom. The molecule has 0 aliphatic rings. The average Bonchev–Trinajstić information content (AvgIpc) is 2.59. The zero-order chi connectivity index (χ0) is 11.1. The summed E-state index contributed by atoms with van der Waals surface area (Å²) in [7, 11) is 1.17. The van der Waals surface area contributed by atoms with E-state index in [-0.39, 0.29) is 5.88 Å². The molecule has 1 aromatic carbocycles. The number of halogens is 2. The van der Waals surface area contributed by atoms with E-state index < -0.39 is 14.3 Å². The summed E-state index contributed by atoms with van der Waals surface area (Å²) in [4.78, 5) is 3.75. The van der Waals surface area contributed by atoms with Gasteiger partial charge in [0.2, 0.25) is 0 Å². The lowest BCUT2D eigenvalue weighted by molar-refractivity contribution is 0.463. The first-order valence-electron chi connectivity index (χ1n) is 3.91. The molecule has 0 unspecified atom stereocenters. The van der Waals surface area contributed by atoms with Crippen LogP contribution in [-0.2, 0) is 14.9 Å². The standard InChI is InChI=1S/C8H5Cl2NO3S/c9-4-5-2-1-3-6-7(5)14-8(11-6)15(10,12)13/h1-3H,4H2. The molecule has 0 N–H and O–H groups in total. The number of hydrogen-bond donors (Lipinski definition) is 0. The third-order valence-corrected chi connectivity index (χ3v) is 3.11. The van der Waals surface area contributed by atoms with E-state index in [0.29, 0.717) is 16.7 Å². The van der Waals surface area contributed by atoms with Gasteiger partial charge in [0.05, 0.1) is 5.88 Å². The highest BCUT2D eigenvalue weighted by molar-refractivity contribution is 8.13. The second-order valence-electron chi connectivity index (χ2n) is 2.82. The molecule has 15 heavy (non-hydrogen) atoms. The lowest BCUT2D eigenvalue weighted by Gasteiger charge is -1.93. The summed E-state index contributed by atoms with van der Waals surface area (Å²) in [5, 5.41) is -0.503. The molecule has 0 atom stereocenters. The Labute approximate surface area is 95.2 Å². The van der Waals surface area contributed by atoms with E-state index in [2.05, 4.69) is 4.98 Å². The van der Waals surface area contributed by atoms with Gasteiger partial charge in [-0.2, -0.15) is 4.98 Å². The first kappa shape index (κ1) is 10.7. The van der Waals surface area contributed by atoms with Gasteiger partial charge in [0.25, 0.3) is 0 Å². The van der Waals surface area contributed by atoms with E-state index in [1.165, 1.54) is 0 Å². The maximum atomic E-state index is 11.0. The minimum atomic E-state index is -3.94. The highest BCUT2D eigenvalue weighted by atomic mass is 35.7. The monoisotopic (exact) mass is 265 g/mol. The van der Waals surface area contributed by atoms with Crippen molar-refractivity contribution >= 4 is 42.4 Å². The van der Waals surface area contributed by atoms with Crippen molar-refractivity contribution in [3.63, 3.8) is 0 Å². The van der Waals surface area contributed by atoms with E-state index in [1.807, 2.05) is 0 Å². The molecule has 0 saturated carbocycles. The quantitative estimate of drug-likeness (QED) is 0.619. The van der Waals surface area contributed by atoms with Crippen LogP contribution in [0.4, 0.5) is 0 Å². The first-order valence-corrected chi connectivity index (χ1v) is 6.76. The SMILES string of the molecule is O=S(=O)(Cl)c1nc2cccc(CCl)c2o1. The summed E-state index contributed by atoms with van der Waals surface area (Å²) in [5.74, 6) is 0.217. The van der Waals surface area contributed by atoms with Crippen LogP contribution in [0.15, 0.2) is 27.8 Å². The molecular formula is C8H5Cl2NO3S. The third-order valence-electron chi connectivity index (χ3n) is 1.83. The second kappa shape index (κ2) is 3.66. The molecule has 1 aromatic heterocycles. The van der Waals surface area contributed by atoms with Gasteiger partial charge in [-0.25, -0.2) is 8.42 Å². The second-order valence-corrected chi connectivity index (χ2v) is 5.53. The van der Waals surface area contributed by atoms with Crippen molar-refractivity contribution in [2.75, 3.05) is 0 Å².